The van der Waals surface area contributed by atoms with E-state index in [4.69, 9.17) is 4.74 Å². The molecule has 1 aromatic carbocycles. The van der Waals surface area contributed by atoms with Gasteiger partial charge in [-0.05, 0) is 70.1 Å². The van der Waals surface area contributed by atoms with Crippen molar-refractivity contribution < 1.29 is 33.0 Å². The van der Waals surface area contributed by atoms with Crippen LogP contribution in [0, 0.1) is 11.8 Å². The van der Waals surface area contributed by atoms with Crippen LogP contribution in [-0.4, -0.2) is 51.2 Å². The molecule has 0 saturated carbocycles. The van der Waals surface area contributed by atoms with Crippen LogP contribution in [0.3, 0.4) is 0 Å². The molecule has 0 radical (unpaired) electrons. The number of aromatic hydroxyl groups is 1. The van der Waals surface area contributed by atoms with Crippen LogP contribution in [0.15, 0.2) is 35.9 Å². The lowest BCUT2D eigenvalue weighted by molar-refractivity contribution is -0.223. The summed E-state index contributed by atoms with van der Waals surface area (Å²) in [7, 11) is -4.80. The first-order chi connectivity index (χ1) is 16.4. The average molecular weight is 510 g/mol. The van der Waals surface area contributed by atoms with Crippen molar-refractivity contribution in [1.29, 1.82) is 0 Å². The van der Waals surface area contributed by atoms with E-state index in [0.29, 0.717) is 16.3 Å². The standard InChI is InChI=1S/C26H39NO7S/c1-6-7-8-9-18-13-21(29)24(20-12-16(4)10-11-19(20)15(2)3)22(14-18)34-26-23(17(5)28)25(30)27(26)35(31,32)33/h12-14,17,19-20,23,25-26,28-30H,2,6-11H2,1,3-5H3,(H,31,32,33)/t17-,19+,20-,23+,25?,26?/m1/s1. The van der Waals surface area contributed by atoms with Gasteiger partial charge in [-0.3, -0.25) is 4.55 Å². The number of nitrogens with zero attached hydrogens (tertiary/aromatic N) is 1. The third kappa shape index (κ3) is 5.91. The van der Waals surface area contributed by atoms with Crippen molar-refractivity contribution in [2.75, 3.05) is 0 Å². The Labute approximate surface area is 208 Å². The Kier molecular flexibility index (Phi) is 8.70. The number of aryl methyl sites for hydroxylation is 1. The number of hydrogen-bond donors (Lipinski definition) is 4. The molecule has 2 unspecified atom stereocenters. The third-order valence-electron chi connectivity index (χ3n) is 7.22. The SMILES string of the molecule is C=C(C)[C@@H]1CCC(C)=C[C@H]1c1c(O)cc(CCCCC)cc1OC1[C@@H]([C@@H](C)O)C(O)N1S(=O)(=O)O. The van der Waals surface area contributed by atoms with Gasteiger partial charge >= 0.3 is 10.3 Å². The van der Waals surface area contributed by atoms with Crippen molar-refractivity contribution in [2.45, 2.75) is 90.7 Å². The molecule has 9 heteroatoms. The lowest BCUT2D eigenvalue weighted by Crippen LogP contribution is -2.70. The first-order valence-electron chi connectivity index (χ1n) is 12.3. The van der Waals surface area contributed by atoms with E-state index >= 15 is 0 Å². The molecule has 0 amide bonds. The molecule has 2 aliphatic rings. The topological polar surface area (TPSA) is 128 Å². The van der Waals surface area contributed by atoms with Gasteiger partial charge in [-0.1, -0.05) is 43.6 Å². The molecule has 8 nitrogen and oxygen atoms in total. The molecule has 1 aliphatic carbocycles. The summed E-state index contributed by atoms with van der Waals surface area (Å²) in [5.74, 6) is -0.848. The number of allylic oxidation sites excluding steroid dienone is 3. The Morgan fingerprint density at radius 1 is 1.31 bits per heavy atom. The summed E-state index contributed by atoms with van der Waals surface area (Å²) in [6.07, 6.45) is 3.49. The van der Waals surface area contributed by atoms with Gasteiger partial charge in [0.15, 0.2) is 6.23 Å². The molecule has 1 aromatic rings. The minimum Gasteiger partial charge on any atom is -0.507 e. The number of benzene rings is 1. The van der Waals surface area contributed by atoms with Gasteiger partial charge in [0.1, 0.15) is 17.7 Å². The fraction of sp³-hybridized carbons (Fsp3) is 0.615. The van der Waals surface area contributed by atoms with Gasteiger partial charge in [0.05, 0.1) is 12.0 Å². The molecule has 196 valence electrons. The van der Waals surface area contributed by atoms with Crippen LogP contribution < -0.4 is 4.74 Å². The monoisotopic (exact) mass is 509 g/mol. The van der Waals surface area contributed by atoms with Gasteiger partial charge in [0.2, 0.25) is 0 Å². The van der Waals surface area contributed by atoms with Gasteiger partial charge in [-0.15, -0.1) is 4.31 Å². The third-order valence-corrected chi connectivity index (χ3v) is 8.18. The van der Waals surface area contributed by atoms with E-state index in [1.165, 1.54) is 12.5 Å². The second-order valence-corrected chi connectivity index (χ2v) is 11.4. The number of aliphatic hydroxyl groups excluding tert-OH is 2. The lowest BCUT2D eigenvalue weighted by Gasteiger charge is -2.50. The van der Waals surface area contributed by atoms with Gasteiger partial charge < -0.3 is 20.1 Å². The van der Waals surface area contributed by atoms with E-state index in [1.807, 2.05) is 13.8 Å². The molecular weight excluding hydrogens is 470 g/mol. The van der Waals surface area contributed by atoms with Crippen molar-refractivity contribution in [3.05, 3.63) is 47.1 Å². The number of ether oxygens (including phenoxy) is 1. The number of unbranched alkanes of at least 4 members (excludes halogenated alkanes) is 2. The molecule has 6 atom stereocenters. The zero-order valence-electron chi connectivity index (χ0n) is 21.0. The Morgan fingerprint density at radius 2 is 2.00 bits per heavy atom. The van der Waals surface area contributed by atoms with Crippen molar-refractivity contribution >= 4 is 10.3 Å². The highest BCUT2D eigenvalue weighted by atomic mass is 32.2. The maximum atomic E-state index is 12.0. The number of phenolic OH excluding ortho intramolecular Hbond substituents is 1. The van der Waals surface area contributed by atoms with Crippen molar-refractivity contribution in [3.63, 3.8) is 0 Å². The summed E-state index contributed by atoms with van der Waals surface area (Å²) in [6, 6.07) is 3.53. The van der Waals surface area contributed by atoms with Crippen LogP contribution >= 0.6 is 0 Å². The molecular formula is C26H39NO7S. The predicted octanol–water partition coefficient (Wildman–Crippen LogP) is 4.28. The molecule has 1 heterocycles. The Bertz CT molecular complexity index is 1070. The molecule has 35 heavy (non-hydrogen) atoms. The Hall–Kier alpha value is -1.91. The van der Waals surface area contributed by atoms with Crippen LogP contribution in [0.25, 0.3) is 0 Å². The zero-order chi connectivity index (χ0) is 26.1. The zero-order valence-corrected chi connectivity index (χ0v) is 21.8. The minimum atomic E-state index is -4.80. The number of rotatable bonds is 10. The van der Waals surface area contributed by atoms with E-state index in [-0.39, 0.29) is 23.3 Å². The molecule has 1 saturated heterocycles. The van der Waals surface area contributed by atoms with Gasteiger partial charge in [0.25, 0.3) is 0 Å². The van der Waals surface area contributed by atoms with Crippen LogP contribution in [0.2, 0.25) is 0 Å². The van der Waals surface area contributed by atoms with E-state index in [2.05, 4.69) is 19.6 Å². The van der Waals surface area contributed by atoms with Gasteiger partial charge in [-0.25, -0.2) is 0 Å². The fourth-order valence-electron chi connectivity index (χ4n) is 5.28. The predicted molar refractivity (Wildman–Crippen MR) is 134 cm³/mol. The van der Waals surface area contributed by atoms with Crippen LogP contribution in [0.1, 0.15) is 76.8 Å². The molecule has 0 spiro atoms. The smallest absolute Gasteiger partial charge is 0.341 e. The van der Waals surface area contributed by atoms with Crippen LogP contribution in [-0.2, 0) is 16.7 Å². The highest BCUT2D eigenvalue weighted by molar-refractivity contribution is 7.83. The van der Waals surface area contributed by atoms with Crippen molar-refractivity contribution in [2.24, 2.45) is 11.8 Å². The number of phenols is 1. The highest BCUT2D eigenvalue weighted by Gasteiger charge is 2.57. The molecule has 4 N–H and O–H groups in total. The summed E-state index contributed by atoms with van der Waals surface area (Å²) in [4.78, 5) is 0. The molecule has 1 aliphatic heterocycles. The first-order valence-corrected chi connectivity index (χ1v) is 13.7. The number of hydrogen-bond acceptors (Lipinski definition) is 6. The second-order valence-electron chi connectivity index (χ2n) is 10.1. The van der Waals surface area contributed by atoms with Gasteiger partial charge in [-0.2, -0.15) is 8.42 Å². The van der Waals surface area contributed by atoms with Gasteiger partial charge in [0, 0.05) is 11.5 Å². The Morgan fingerprint density at radius 3 is 2.57 bits per heavy atom. The normalized spacial score (nSPS) is 28.2. The maximum absolute atomic E-state index is 12.0. The van der Waals surface area contributed by atoms with E-state index in [9.17, 15) is 28.3 Å². The lowest BCUT2D eigenvalue weighted by atomic mass is 9.73. The largest absolute Gasteiger partial charge is 0.507 e. The van der Waals surface area contributed by atoms with Crippen LogP contribution in [0.4, 0.5) is 0 Å². The summed E-state index contributed by atoms with van der Waals surface area (Å²) in [5, 5.41) is 31.7. The summed E-state index contributed by atoms with van der Waals surface area (Å²) < 4.78 is 40.2. The molecule has 0 aromatic heterocycles. The van der Waals surface area contributed by atoms with Crippen LogP contribution in [0.5, 0.6) is 11.5 Å². The van der Waals surface area contributed by atoms with E-state index in [1.54, 1.807) is 12.1 Å². The average Bonchev–Trinajstić information content (AvgIpc) is 2.71. The quantitative estimate of drug-likeness (QED) is 0.211. The fourth-order valence-corrected chi connectivity index (χ4v) is 6.14. The first kappa shape index (κ1) is 27.7. The second kappa shape index (κ2) is 11.0. The summed E-state index contributed by atoms with van der Waals surface area (Å²) in [6.45, 7) is 11.7. The highest BCUT2D eigenvalue weighted by Crippen LogP contribution is 2.48. The van der Waals surface area contributed by atoms with E-state index < -0.39 is 34.8 Å². The molecule has 0 bridgehead atoms. The molecule has 1 fully saturated rings. The summed E-state index contributed by atoms with van der Waals surface area (Å²) >= 11 is 0. The van der Waals surface area contributed by atoms with Crippen molar-refractivity contribution in [3.8, 4) is 11.5 Å². The van der Waals surface area contributed by atoms with E-state index in [0.717, 1.165) is 43.2 Å². The minimum absolute atomic E-state index is 0.0445. The maximum Gasteiger partial charge on any atom is 0.341 e. The molecule has 3 rings (SSSR count). The Balaban J connectivity index is 2.11. The summed E-state index contributed by atoms with van der Waals surface area (Å²) in [5.41, 5.74) is 3.49. The van der Waals surface area contributed by atoms with Crippen molar-refractivity contribution in [1.82, 2.24) is 4.31 Å². The number of aliphatic hydroxyl groups is 2.